The Labute approximate surface area is 127 Å². The van der Waals surface area contributed by atoms with Crippen molar-refractivity contribution in [1.82, 2.24) is 9.38 Å². The molecule has 22 heavy (non-hydrogen) atoms. The highest BCUT2D eigenvalue weighted by atomic mass is 16.1. The van der Waals surface area contributed by atoms with Crippen LogP contribution in [-0.2, 0) is 4.79 Å². The van der Waals surface area contributed by atoms with Crippen molar-refractivity contribution in [2.75, 3.05) is 5.32 Å². The molecule has 108 valence electrons. The minimum atomic E-state index is -0.307. The monoisotopic (exact) mass is 290 g/mol. The molecule has 0 aliphatic carbocycles. The van der Waals surface area contributed by atoms with Gasteiger partial charge in [-0.2, -0.15) is 5.26 Å². The van der Waals surface area contributed by atoms with Crippen molar-refractivity contribution in [2.45, 2.75) is 13.3 Å². The lowest BCUT2D eigenvalue weighted by molar-refractivity contribution is -0.115. The van der Waals surface area contributed by atoms with Crippen LogP contribution in [0.15, 0.2) is 48.8 Å². The van der Waals surface area contributed by atoms with Gasteiger partial charge in [-0.1, -0.05) is 12.1 Å². The average molecular weight is 290 g/mol. The van der Waals surface area contributed by atoms with Crippen LogP contribution in [-0.4, -0.2) is 15.3 Å². The predicted octanol–water partition coefficient (Wildman–Crippen LogP) is 3.16. The zero-order chi connectivity index (χ0) is 15.5. The smallest absolute Gasteiger partial charge is 0.238 e. The topological polar surface area (TPSA) is 70.2 Å². The molecule has 0 spiro atoms. The summed E-state index contributed by atoms with van der Waals surface area (Å²) in [7, 11) is 0. The first-order chi connectivity index (χ1) is 10.7. The molecule has 0 saturated heterocycles. The molecule has 2 heterocycles. The predicted molar refractivity (Wildman–Crippen MR) is 84.2 cm³/mol. The van der Waals surface area contributed by atoms with Crippen LogP contribution < -0.4 is 5.32 Å². The molecule has 0 atom stereocenters. The van der Waals surface area contributed by atoms with Crippen LogP contribution in [0.5, 0.6) is 0 Å². The highest BCUT2D eigenvalue weighted by molar-refractivity contribution is 5.92. The highest BCUT2D eigenvalue weighted by Gasteiger charge is 2.06. The van der Waals surface area contributed by atoms with Gasteiger partial charge >= 0.3 is 0 Å². The quantitative estimate of drug-likeness (QED) is 0.805. The molecule has 5 heteroatoms. The number of carbonyl (C=O) groups excluding carboxylic acids is 1. The number of rotatable bonds is 3. The van der Waals surface area contributed by atoms with Gasteiger partial charge in [-0.15, -0.1) is 0 Å². The molecular formula is C17H14N4O. The van der Waals surface area contributed by atoms with Crippen LogP contribution >= 0.6 is 0 Å². The van der Waals surface area contributed by atoms with Gasteiger partial charge in [-0.3, -0.25) is 4.79 Å². The van der Waals surface area contributed by atoms with Gasteiger partial charge in [0.25, 0.3) is 0 Å². The molecule has 1 amide bonds. The van der Waals surface area contributed by atoms with Crippen LogP contribution in [0.2, 0.25) is 0 Å². The minimum absolute atomic E-state index is 0.145. The van der Waals surface area contributed by atoms with E-state index in [0.717, 1.165) is 16.9 Å². The molecule has 3 rings (SSSR count). The van der Waals surface area contributed by atoms with Crippen LogP contribution in [0.25, 0.3) is 16.9 Å². The molecule has 2 aromatic heterocycles. The van der Waals surface area contributed by atoms with E-state index in [4.69, 9.17) is 5.26 Å². The fourth-order valence-corrected chi connectivity index (χ4v) is 2.22. The average Bonchev–Trinajstić information content (AvgIpc) is 2.91. The van der Waals surface area contributed by atoms with Crippen molar-refractivity contribution in [1.29, 1.82) is 5.26 Å². The number of nitriles is 1. The Kier molecular flexibility index (Phi) is 3.58. The first-order valence-electron chi connectivity index (χ1n) is 6.88. The van der Waals surface area contributed by atoms with Crippen LogP contribution in [0.1, 0.15) is 12.0 Å². The lowest BCUT2D eigenvalue weighted by Crippen LogP contribution is -2.09. The zero-order valence-corrected chi connectivity index (χ0v) is 12.1. The number of fused-ring (bicyclic) bond motifs is 1. The van der Waals surface area contributed by atoms with Crippen molar-refractivity contribution in [3.63, 3.8) is 0 Å². The molecule has 0 fully saturated rings. The van der Waals surface area contributed by atoms with Gasteiger partial charge in [-0.05, 0) is 36.8 Å². The number of carbonyl (C=O) groups is 1. The third-order valence-corrected chi connectivity index (χ3v) is 3.32. The van der Waals surface area contributed by atoms with Crippen molar-refractivity contribution in [2.24, 2.45) is 0 Å². The Hall–Kier alpha value is -3.13. The number of nitrogens with one attached hydrogen (secondary N) is 1. The molecular weight excluding hydrogens is 276 g/mol. The summed E-state index contributed by atoms with van der Waals surface area (Å²) in [5.74, 6) is -0.307. The third kappa shape index (κ3) is 2.81. The summed E-state index contributed by atoms with van der Waals surface area (Å²) in [4.78, 5) is 16.0. The largest absolute Gasteiger partial charge is 0.325 e. The highest BCUT2D eigenvalue weighted by Crippen LogP contribution is 2.21. The van der Waals surface area contributed by atoms with Gasteiger partial charge in [0.05, 0.1) is 11.8 Å². The normalized spacial score (nSPS) is 10.4. The molecule has 0 saturated carbocycles. The van der Waals surface area contributed by atoms with Gasteiger partial charge in [0.1, 0.15) is 12.1 Å². The zero-order valence-electron chi connectivity index (χ0n) is 12.1. The number of aryl methyl sites for hydroxylation is 1. The summed E-state index contributed by atoms with van der Waals surface area (Å²) in [6, 6.07) is 13.3. The first-order valence-corrected chi connectivity index (χ1v) is 6.88. The SMILES string of the molecule is Cc1ccn2cc(-c3ccc(NC(=O)CC#N)cc3)nc2c1. The molecule has 0 radical (unpaired) electrons. The fourth-order valence-electron chi connectivity index (χ4n) is 2.22. The third-order valence-electron chi connectivity index (χ3n) is 3.32. The molecule has 1 aromatic carbocycles. The number of amides is 1. The number of anilines is 1. The summed E-state index contributed by atoms with van der Waals surface area (Å²) < 4.78 is 1.98. The van der Waals surface area contributed by atoms with Crippen LogP contribution in [0.4, 0.5) is 5.69 Å². The van der Waals surface area contributed by atoms with Crippen molar-refractivity contribution in [3.8, 4) is 17.3 Å². The molecule has 0 aliphatic rings. The van der Waals surface area contributed by atoms with E-state index in [9.17, 15) is 4.79 Å². The Bertz CT molecular complexity index is 872. The Morgan fingerprint density at radius 3 is 2.82 bits per heavy atom. The molecule has 0 unspecified atom stereocenters. The molecule has 1 N–H and O–H groups in total. The summed E-state index contributed by atoms with van der Waals surface area (Å²) >= 11 is 0. The molecule has 0 aliphatic heterocycles. The molecule has 3 aromatic rings. The summed E-state index contributed by atoms with van der Waals surface area (Å²) in [5, 5.41) is 11.1. The van der Waals surface area contributed by atoms with Gasteiger partial charge in [0, 0.05) is 23.6 Å². The van der Waals surface area contributed by atoms with E-state index in [2.05, 4.69) is 10.3 Å². The lowest BCUT2D eigenvalue weighted by atomic mass is 10.1. The Morgan fingerprint density at radius 1 is 1.32 bits per heavy atom. The number of benzene rings is 1. The number of imidazole rings is 1. The Morgan fingerprint density at radius 2 is 2.09 bits per heavy atom. The van der Waals surface area contributed by atoms with E-state index < -0.39 is 0 Å². The molecule has 0 bridgehead atoms. The van der Waals surface area contributed by atoms with Crippen molar-refractivity contribution in [3.05, 3.63) is 54.4 Å². The maximum absolute atomic E-state index is 11.4. The van der Waals surface area contributed by atoms with E-state index in [-0.39, 0.29) is 12.3 Å². The lowest BCUT2D eigenvalue weighted by Gasteiger charge is -2.03. The molecule has 5 nitrogen and oxygen atoms in total. The fraction of sp³-hybridized carbons (Fsp3) is 0.118. The van der Waals surface area contributed by atoms with E-state index in [1.54, 1.807) is 12.1 Å². The number of nitrogens with zero attached hydrogens (tertiary/aromatic N) is 3. The number of aromatic nitrogens is 2. The van der Waals surface area contributed by atoms with Gasteiger partial charge < -0.3 is 9.72 Å². The number of hydrogen-bond acceptors (Lipinski definition) is 3. The minimum Gasteiger partial charge on any atom is -0.325 e. The van der Waals surface area contributed by atoms with E-state index in [0.29, 0.717) is 5.69 Å². The second-order valence-electron chi connectivity index (χ2n) is 5.06. The second kappa shape index (κ2) is 5.70. The summed E-state index contributed by atoms with van der Waals surface area (Å²) in [5.41, 5.74) is 4.59. The van der Waals surface area contributed by atoms with Crippen LogP contribution in [0, 0.1) is 18.3 Å². The summed E-state index contributed by atoms with van der Waals surface area (Å²) in [6.45, 7) is 2.03. The summed E-state index contributed by atoms with van der Waals surface area (Å²) in [6.07, 6.45) is 3.81. The second-order valence-corrected chi connectivity index (χ2v) is 5.06. The maximum atomic E-state index is 11.4. The van der Waals surface area contributed by atoms with Crippen molar-refractivity contribution >= 4 is 17.2 Å². The standard InChI is InChI=1S/C17H14N4O/c1-12-7-9-21-11-15(20-16(21)10-12)13-2-4-14(5-3-13)19-17(22)6-8-18/h2-5,7,9-11H,6H2,1H3,(H,19,22). The number of hydrogen-bond donors (Lipinski definition) is 1. The van der Waals surface area contributed by atoms with E-state index in [1.165, 1.54) is 5.56 Å². The van der Waals surface area contributed by atoms with Gasteiger partial charge in [0.15, 0.2) is 0 Å². The Balaban J connectivity index is 1.85. The van der Waals surface area contributed by atoms with Crippen LogP contribution in [0.3, 0.4) is 0 Å². The van der Waals surface area contributed by atoms with Gasteiger partial charge in [0.2, 0.25) is 5.91 Å². The van der Waals surface area contributed by atoms with Crippen molar-refractivity contribution < 1.29 is 4.79 Å². The van der Waals surface area contributed by atoms with E-state index in [1.807, 2.05) is 54.1 Å². The maximum Gasteiger partial charge on any atom is 0.238 e. The first kappa shape index (κ1) is 13.8. The number of pyridine rings is 1. The van der Waals surface area contributed by atoms with Gasteiger partial charge in [-0.25, -0.2) is 4.98 Å². The van der Waals surface area contributed by atoms with E-state index >= 15 is 0 Å².